The zero-order valence-electron chi connectivity index (χ0n) is 27.3. The average molecular weight is 668 g/mol. The third-order valence-corrected chi connectivity index (χ3v) is 10.4. The number of amidine groups is 1. The Morgan fingerprint density at radius 2 is 1.77 bits per heavy atom. The molecule has 2 amide bonds. The molecule has 1 spiro atoms. The Morgan fingerprint density at radius 1 is 1.02 bits per heavy atom. The number of carbonyl (C=O) groups excluding carboxylic acids is 2. The van der Waals surface area contributed by atoms with E-state index in [4.69, 9.17) is 21.3 Å². The molecule has 0 aromatic heterocycles. The normalized spacial score (nSPS) is 22.6. The van der Waals surface area contributed by atoms with Gasteiger partial charge in [0.2, 0.25) is 0 Å². The number of aliphatic imine (C=N–C) groups is 1. The molecule has 4 aliphatic rings. The molecule has 2 saturated carbocycles. The molecule has 4 N–H and O–H groups in total. The molecular weight excluding hydrogens is 626 g/mol. The maximum atomic E-state index is 14.7. The van der Waals surface area contributed by atoms with E-state index in [1.165, 1.54) is 0 Å². The van der Waals surface area contributed by atoms with E-state index in [-0.39, 0.29) is 24.4 Å². The summed E-state index contributed by atoms with van der Waals surface area (Å²) in [5, 5.41) is 7.33. The number of ether oxygens (including phenoxy) is 1. The predicted molar refractivity (Wildman–Crippen MR) is 186 cm³/mol. The van der Waals surface area contributed by atoms with E-state index in [0.717, 1.165) is 49.7 Å². The van der Waals surface area contributed by atoms with Crippen LogP contribution in [0, 0.1) is 17.8 Å². The number of halogens is 1. The van der Waals surface area contributed by atoms with Crippen molar-refractivity contribution < 1.29 is 14.3 Å². The lowest BCUT2D eigenvalue weighted by atomic mass is 9.76. The SMILES string of the molecule is CC(C)C1CCC2(CC1)N=C(c1ccc(OCc3ccccc3)c(Cl)c1)C(=O)N2[C@@H](c1ccc(C(=O)NCC2=NNNN2)cc1)C1CC1. The fourth-order valence-electron chi connectivity index (χ4n) is 7.26. The lowest BCUT2D eigenvalue weighted by Crippen LogP contribution is -2.51. The minimum atomic E-state index is -0.618. The molecule has 0 bridgehead atoms. The number of amides is 2. The van der Waals surface area contributed by atoms with Gasteiger partial charge < -0.3 is 15.0 Å². The van der Waals surface area contributed by atoms with Gasteiger partial charge in [-0.15, -0.1) is 10.6 Å². The summed E-state index contributed by atoms with van der Waals surface area (Å²) < 4.78 is 6.03. The first-order valence-corrected chi connectivity index (χ1v) is 17.3. The van der Waals surface area contributed by atoms with Gasteiger partial charge >= 0.3 is 0 Å². The highest BCUT2D eigenvalue weighted by atomic mass is 35.5. The molecule has 0 saturated heterocycles. The summed E-state index contributed by atoms with van der Waals surface area (Å²) in [6, 6.07) is 23.1. The van der Waals surface area contributed by atoms with E-state index in [9.17, 15) is 9.59 Å². The van der Waals surface area contributed by atoms with Crippen LogP contribution in [0.2, 0.25) is 5.02 Å². The molecule has 0 unspecified atom stereocenters. The van der Waals surface area contributed by atoms with Crippen molar-refractivity contribution in [3.8, 4) is 5.75 Å². The van der Waals surface area contributed by atoms with Crippen LogP contribution in [0.25, 0.3) is 0 Å². The van der Waals surface area contributed by atoms with Crippen molar-refractivity contribution in [2.75, 3.05) is 6.54 Å². The Labute approximate surface area is 286 Å². The first-order chi connectivity index (χ1) is 23.3. The second-order valence-electron chi connectivity index (χ2n) is 13.6. The fraction of sp³-hybridized carbons (Fsp3) is 0.405. The van der Waals surface area contributed by atoms with Gasteiger partial charge in [-0.3, -0.25) is 20.0 Å². The Morgan fingerprint density at radius 3 is 2.42 bits per heavy atom. The molecule has 2 aliphatic heterocycles. The van der Waals surface area contributed by atoms with Crippen LogP contribution in [0.15, 0.2) is 82.9 Å². The van der Waals surface area contributed by atoms with Gasteiger partial charge in [-0.05, 0) is 97.7 Å². The first-order valence-electron chi connectivity index (χ1n) is 16.9. The summed E-state index contributed by atoms with van der Waals surface area (Å²) >= 11 is 6.75. The zero-order chi connectivity index (χ0) is 33.3. The summed E-state index contributed by atoms with van der Waals surface area (Å²) in [5.41, 5.74) is 11.2. The Kier molecular flexibility index (Phi) is 9.11. The van der Waals surface area contributed by atoms with Crippen LogP contribution in [0.5, 0.6) is 5.75 Å². The zero-order valence-corrected chi connectivity index (χ0v) is 28.1. The van der Waals surface area contributed by atoms with Crippen LogP contribution in [0.4, 0.5) is 0 Å². The Balaban J connectivity index is 1.15. The van der Waals surface area contributed by atoms with Crippen molar-refractivity contribution in [1.29, 1.82) is 0 Å². The molecule has 10 nitrogen and oxygen atoms in total. The summed E-state index contributed by atoms with van der Waals surface area (Å²) in [4.78, 5) is 35.0. The smallest absolute Gasteiger partial charge is 0.275 e. The number of carbonyl (C=O) groups is 2. The largest absolute Gasteiger partial charge is 0.487 e. The monoisotopic (exact) mass is 667 g/mol. The molecule has 2 fully saturated rings. The lowest BCUT2D eigenvalue weighted by Gasteiger charge is -2.46. The predicted octanol–water partition coefficient (Wildman–Crippen LogP) is 5.90. The van der Waals surface area contributed by atoms with Crippen molar-refractivity contribution in [2.24, 2.45) is 27.8 Å². The Hall–Kier alpha value is -4.41. The molecule has 3 aromatic carbocycles. The van der Waals surface area contributed by atoms with Gasteiger partial charge in [0.05, 0.1) is 17.6 Å². The third kappa shape index (κ3) is 6.64. The van der Waals surface area contributed by atoms with E-state index in [2.05, 4.69) is 45.7 Å². The van der Waals surface area contributed by atoms with E-state index in [1.807, 2.05) is 72.8 Å². The van der Waals surface area contributed by atoms with E-state index < -0.39 is 5.66 Å². The number of benzene rings is 3. The van der Waals surface area contributed by atoms with Gasteiger partial charge in [0.15, 0.2) is 5.84 Å². The van der Waals surface area contributed by atoms with Crippen molar-refractivity contribution in [3.63, 3.8) is 0 Å². The molecule has 2 heterocycles. The van der Waals surface area contributed by atoms with Crippen LogP contribution in [-0.4, -0.2) is 40.5 Å². The molecule has 1 atom stereocenters. The summed E-state index contributed by atoms with van der Waals surface area (Å²) in [5.74, 6) is 2.44. The molecule has 0 radical (unpaired) electrons. The van der Waals surface area contributed by atoms with Gasteiger partial charge in [-0.25, -0.2) is 5.53 Å². The van der Waals surface area contributed by atoms with Crippen molar-refractivity contribution >= 4 is 35.0 Å². The second-order valence-corrected chi connectivity index (χ2v) is 14.0. The van der Waals surface area contributed by atoms with Crippen LogP contribution >= 0.6 is 11.6 Å². The number of hydrogen-bond acceptors (Lipinski definition) is 8. The highest BCUT2D eigenvalue weighted by Crippen LogP contribution is 2.53. The number of nitrogens with one attached hydrogen (secondary N) is 4. The maximum Gasteiger partial charge on any atom is 0.275 e. The van der Waals surface area contributed by atoms with Gasteiger partial charge in [0.25, 0.3) is 11.8 Å². The highest BCUT2D eigenvalue weighted by molar-refractivity contribution is 6.47. The van der Waals surface area contributed by atoms with Crippen LogP contribution in [0.3, 0.4) is 0 Å². The molecule has 2 aliphatic carbocycles. The van der Waals surface area contributed by atoms with Crippen molar-refractivity contribution in [3.05, 3.63) is 100 Å². The summed E-state index contributed by atoms with van der Waals surface area (Å²) in [6.07, 6.45) is 5.78. The van der Waals surface area contributed by atoms with Crippen LogP contribution in [-0.2, 0) is 11.4 Å². The average Bonchev–Trinajstić information content (AvgIpc) is 3.73. The topological polar surface area (TPSA) is 119 Å². The molecule has 7 rings (SSSR count). The third-order valence-electron chi connectivity index (χ3n) is 10.1. The first kappa shape index (κ1) is 32.2. The van der Waals surface area contributed by atoms with E-state index in [1.54, 1.807) is 0 Å². The number of hydrogen-bond donors (Lipinski definition) is 4. The molecule has 3 aromatic rings. The standard InChI is InChI=1S/C37H42ClN7O3/c1-23(2)25-16-18-37(19-17-25)40-33(29-14-15-31(30(38)20-29)48-22-24-6-4-3-5-7-24)36(47)45(37)34(26-8-9-26)27-10-12-28(13-11-27)35(46)39-21-32-41-43-44-42-32/h3-7,10-15,20,23,25-26,34,43-44H,8-9,16-19,21-22H2,1-2H3,(H,39,46)(H,41,42)/t25?,34-,37?/m1/s1. The minimum absolute atomic E-state index is 0.0576. The number of nitrogens with zero attached hydrogens (tertiary/aromatic N) is 3. The molecule has 48 heavy (non-hydrogen) atoms. The van der Waals surface area contributed by atoms with Crippen LogP contribution < -0.4 is 26.5 Å². The minimum Gasteiger partial charge on any atom is -0.487 e. The Bertz CT molecular complexity index is 1710. The van der Waals surface area contributed by atoms with Gasteiger partial charge in [0.1, 0.15) is 23.7 Å². The summed E-state index contributed by atoms with van der Waals surface area (Å²) in [7, 11) is 0. The summed E-state index contributed by atoms with van der Waals surface area (Å²) in [6.45, 7) is 5.24. The highest BCUT2D eigenvalue weighted by Gasteiger charge is 2.54. The van der Waals surface area contributed by atoms with Crippen molar-refractivity contribution in [2.45, 2.75) is 70.7 Å². The van der Waals surface area contributed by atoms with E-state index >= 15 is 0 Å². The number of rotatable bonds is 11. The maximum absolute atomic E-state index is 14.7. The van der Waals surface area contributed by atoms with E-state index in [0.29, 0.717) is 57.8 Å². The molecule has 250 valence electrons. The number of hydrazine groups is 2. The fourth-order valence-corrected chi connectivity index (χ4v) is 7.49. The van der Waals surface area contributed by atoms with Crippen molar-refractivity contribution in [1.82, 2.24) is 26.7 Å². The van der Waals surface area contributed by atoms with Crippen LogP contribution in [0.1, 0.15) is 85.5 Å². The molecule has 11 heteroatoms. The van der Waals surface area contributed by atoms with Gasteiger partial charge in [-0.1, -0.05) is 67.9 Å². The lowest BCUT2D eigenvalue weighted by molar-refractivity contribution is -0.134. The molecular formula is C37H42ClN7O3. The quantitative estimate of drug-likeness (QED) is 0.202. The number of hydrazone groups is 1. The van der Waals surface area contributed by atoms with Gasteiger partial charge in [-0.2, -0.15) is 0 Å². The second kappa shape index (κ2) is 13.6. The van der Waals surface area contributed by atoms with Gasteiger partial charge in [0, 0.05) is 11.1 Å².